The predicted molar refractivity (Wildman–Crippen MR) is 128 cm³/mol. The monoisotopic (exact) mass is 501 g/mol. The third-order valence-electron chi connectivity index (χ3n) is 4.72. The van der Waals surface area contributed by atoms with Gasteiger partial charge in [-0.3, -0.25) is 4.79 Å². The highest BCUT2D eigenvalue weighted by atomic mass is 79.9. The number of hydrogen-bond acceptors (Lipinski definition) is 3. The molecule has 0 saturated heterocycles. The smallest absolute Gasteiger partial charge is 0.330 e. The highest BCUT2D eigenvalue weighted by Crippen LogP contribution is 2.25. The van der Waals surface area contributed by atoms with Gasteiger partial charge in [0.25, 0.3) is 5.91 Å². The maximum absolute atomic E-state index is 13.8. The van der Waals surface area contributed by atoms with Crippen LogP contribution >= 0.6 is 28.7 Å². The molecule has 8 heteroatoms. The molecule has 0 aliphatic rings. The number of halogens is 2. The quantitative estimate of drug-likeness (QED) is 0.360. The molecule has 0 saturated carbocycles. The van der Waals surface area contributed by atoms with E-state index in [0.29, 0.717) is 16.9 Å². The molecule has 0 aliphatic carbocycles. The SMILES string of the molecule is Cc1cc(N(S)C(=O)NC(C)c2ccc(Br)cc2)ccc1NC(=O)c1ccccc1F. The average molecular weight is 502 g/mol. The molecule has 0 radical (unpaired) electrons. The summed E-state index contributed by atoms with van der Waals surface area (Å²) in [5.41, 5.74) is 2.67. The van der Waals surface area contributed by atoms with Gasteiger partial charge in [-0.1, -0.05) is 53.0 Å². The maximum Gasteiger partial charge on any atom is 0.332 e. The number of hydrogen-bond donors (Lipinski definition) is 3. The number of nitrogens with zero attached hydrogens (tertiary/aromatic N) is 1. The molecule has 3 amide bonds. The van der Waals surface area contributed by atoms with Crippen molar-refractivity contribution in [1.29, 1.82) is 0 Å². The highest BCUT2D eigenvalue weighted by Gasteiger charge is 2.17. The number of carbonyl (C=O) groups is 2. The summed E-state index contributed by atoms with van der Waals surface area (Å²) in [5, 5.41) is 5.59. The van der Waals surface area contributed by atoms with Crippen molar-refractivity contribution in [2.45, 2.75) is 19.9 Å². The van der Waals surface area contributed by atoms with Crippen LogP contribution in [0, 0.1) is 12.7 Å². The third-order valence-corrected chi connectivity index (χ3v) is 5.66. The Balaban J connectivity index is 1.68. The van der Waals surface area contributed by atoms with Crippen molar-refractivity contribution in [2.24, 2.45) is 0 Å². The van der Waals surface area contributed by atoms with Gasteiger partial charge < -0.3 is 10.6 Å². The first-order valence-corrected chi connectivity index (χ1v) is 10.7. The number of thiol groups is 1. The summed E-state index contributed by atoms with van der Waals surface area (Å²) < 4.78 is 16.0. The fraction of sp³-hybridized carbons (Fsp3) is 0.130. The average Bonchev–Trinajstić information content (AvgIpc) is 2.75. The van der Waals surface area contributed by atoms with Gasteiger partial charge in [-0.15, -0.1) is 0 Å². The van der Waals surface area contributed by atoms with E-state index in [4.69, 9.17) is 0 Å². The molecule has 5 nitrogen and oxygen atoms in total. The van der Waals surface area contributed by atoms with E-state index in [1.807, 2.05) is 31.2 Å². The molecule has 0 bridgehead atoms. The molecule has 0 aliphatic heterocycles. The number of benzene rings is 3. The molecule has 0 aromatic heterocycles. The van der Waals surface area contributed by atoms with Crippen molar-refractivity contribution in [3.8, 4) is 0 Å². The van der Waals surface area contributed by atoms with Gasteiger partial charge in [-0.2, -0.15) is 0 Å². The largest absolute Gasteiger partial charge is 0.332 e. The molecule has 0 fully saturated rings. The van der Waals surface area contributed by atoms with Gasteiger partial charge in [0.15, 0.2) is 0 Å². The number of anilines is 2. The number of carbonyl (C=O) groups excluding carboxylic acids is 2. The second-order valence-corrected chi connectivity index (χ2v) is 8.28. The fourth-order valence-corrected chi connectivity index (χ4v) is 3.40. The van der Waals surface area contributed by atoms with Gasteiger partial charge in [0.05, 0.1) is 17.3 Å². The van der Waals surface area contributed by atoms with Crippen LogP contribution in [-0.4, -0.2) is 11.9 Å². The van der Waals surface area contributed by atoms with Crippen LogP contribution in [0.2, 0.25) is 0 Å². The van der Waals surface area contributed by atoms with Crippen molar-refractivity contribution >= 4 is 52.1 Å². The zero-order valence-corrected chi connectivity index (χ0v) is 19.4. The van der Waals surface area contributed by atoms with Gasteiger partial charge in [0, 0.05) is 10.2 Å². The first kappa shape index (κ1) is 22.8. The van der Waals surface area contributed by atoms with E-state index < -0.39 is 11.7 Å². The van der Waals surface area contributed by atoms with Crippen LogP contribution < -0.4 is 14.9 Å². The van der Waals surface area contributed by atoms with Crippen molar-refractivity contribution in [3.05, 3.63) is 93.7 Å². The van der Waals surface area contributed by atoms with E-state index in [-0.39, 0.29) is 17.6 Å². The van der Waals surface area contributed by atoms with Gasteiger partial charge in [-0.25, -0.2) is 13.5 Å². The van der Waals surface area contributed by atoms with Crippen molar-refractivity contribution in [3.63, 3.8) is 0 Å². The lowest BCUT2D eigenvalue weighted by Gasteiger charge is -2.21. The number of aryl methyl sites for hydroxylation is 1. The number of amides is 3. The Bertz CT molecular complexity index is 1110. The van der Waals surface area contributed by atoms with Crippen molar-refractivity contribution in [1.82, 2.24) is 5.32 Å². The lowest BCUT2D eigenvalue weighted by atomic mass is 10.1. The van der Waals surface area contributed by atoms with Crippen LogP contribution in [0.3, 0.4) is 0 Å². The van der Waals surface area contributed by atoms with Gasteiger partial charge >= 0.3 is 6.03 Å². The number of urea groups is 1. The summed E-state index contributed by atoms with van der Waals surface area (Å²) in [6.45, 7) is 3.67. The third kappa shape index (κ3) is 5.65. The van der Waals surface area contributed by atoms with Crippen molar-refractivity contribution < 1.29 is 14.0 Å². The Labute approximate surface area is 194 Å². The second kappa shape index (κ2) is 9.98. The molecule has 160 valence electrons. The van der Waals surface area contributed by atoms with Crippen LogP contribution in [0.15, 0.2) is 71.2 Å². The Hall–Kier alpha value is -2.84. The molecule has 31 heavy (non-hydrogen) atoms. The lowest BCUT2D eigenvalue weighted by molar-refractivity contribution is 0.102. The summed E-state index contributed by atoms with van der Waals surface area (Å²) in [6.07, 6.45) is 0. The molecule has 2 N–H and O–H groups in total. The minimum Gasteiger partial charge on any atom is -0.330 e. The Morgan fingerprint density at radius 3 is 2.39 bits per heavy atom. The van der Waals surface area contributed by atoms with Crippen molar-refractivity contribution in [2.75, 3.05) is 9.62 Å². The molecule has 1 unspecified atom stereocenters. The second-order valence-electron chi connectivity index (χ2n) is 6.97. The molecular formula is C23H21BrFN3O2S. The Morgan fingerprint density at radius 1 is 1.06 bits per heavy atom. The standard InChI is InChI=1S/C23H21BrFN3O2S/c1-14-13-18(11-12-21(14)27-22(29)19-5-3-4-6-20(19)25)28(31)23(30)26-15(2)16-7-9-17(24)10-8-16/h3-13,15,31H,1-2H3,(H,26,30)(H,27,29). The van der Waals surface area contributed by atoms with Crippen LogP contribution in [0.4, 0.5) is 20.6 Å². The molecular weight excluding hydrogens is 481 g/mol. The molecule has 3 aromatic carbocycles. The van der Waals surface area contributed by atoms with Crippen LogP contribution in [0.1, 0.15) is 34.5 Å². The fourth-order valence-electron chi connectivity index (χ4n) is 2.95. The summed E-state index contributed by atoms with van der Waals surface area (Å²) in [4.78, 5) is 25.0. The van der Waals surface area contributed by atoms with Crippen LogP contribution in [0.25, 0.3) is 0 Å². The number of rotatable bonds is 5. The van der Waals surface area contributed by atoms with Crippen LogP contribution in [0.5, 0.6) is 0 Å². The summed E-state index contributed by atoms with van der Waals surface area (Å²) in [6, 6.07) is 17.9. The normalized spacial score (nSPS) is 11.5. The minimum atomic E-state index is -0.590. The van der Waals surface area contributed by atoms with E-state index in [0.717, 1.165) is 10.0 Å². The topological polar surface area (TPSA) is 61.4 Å². The molecule has 0 heterocycles. The summed E-state index contributed by atoms with van der Waals surface area (Å²) in [7, 11) is 0. The van der Waals surface area contributed by atoms with Gasteiger partial charge in [0.1, 0.15) is 5.82 Å². The maximum atomic E-state index is 13.8. The lowest BCUT2D eigenvalue weighted by Crippen LogP contribution is -2.35. The minimum absolute atomic E-state index is 0.0388. The first-order chi connectivity index (χ1) is 14.8. The molecule has 0 spiro atoms. The number of nitrogens with one attached hydrogen (secondary N) is 2. The molecule has 3 aromatic rings. The summed E-state index contributed by atoms with van der Waals surface area (Å²) in [5.74, 6) is -1.13. The zero-order valence-electron chi connectivity index (χ0n) is 16.9. The summed E-state index contributed by atoms with van der Waals surface area (Å²) >= 11 is 7.71. The Kier molecular flexibility index (Phi) is 7.35. The van der Waals surface area contributed by atoms with E-state index >= 15 is 0 Å². The Morgan fingerprint density at radius 2 is 1.74 bits per heavy atom. The van der Waals surface area contributed by atoms with E-state index in [1.54, 1.807) is 31.2 Å². The molecule has 1 atom stereocenters. The predicted octanol–water partition coefficient (Wildman–Crippen LogP) is 6.27. The highest BCUT2D eigenvalue weighted by molar-refractivity contribution is 9.10. The zero-order chi connectivity index (χ0) is 22.5. The van der Waals surface area contributed by atoms with E-state index in [2.05, 4.69) is 39.4 Å². The van der Waals surface area contributed by atoms with E-state index in [1.165, 1.54) is 22.5 Å². The first-order valence-electron chi connectivity index (χ1n) is 9.47. The van der Waals surface area contributed by atoms with E-state index in [9.17, 15) is 14.0 Å². The molecule has 3 rings (SSSR count). The van der Waals surface area contributed by atoms with Gasteiger partial charge in [0.2, 0.25) is 0 Å². The van der Waals surface area contributed by atoms with Gasteiger partial charge in [-0.05, 0) is 67.4 Å². The van der Waals surface area contributed by atoms with Crippen LogP contribution in [-0.2, 0) is 0 Å².